The molecule has 1 heterocycles. The molecule has 132 valence electrons. The molecule has 0 aromatic heterocycles. The molecule has 0 radical (unpaired) electrons. The second-order valence-electron chi connectivity index (χ2n) is 5.39. The summed E-state index contributed by atoms with van der Waals surface area (Å²) < 4.78 is 76.8. The maximum atomic E-state index is 12.8. The van der Waals surface area contributed by atoms with E-state index in [2.05, 4.69) is 5.32 Å². The summed E-state index contributed by atoms with van der Waals surface area (Å²) >= 11 is 0. The maximum Gasteiger partial charge on any atom is 0.416 e. The van der Waals surface area contributed by atoms with Crippen molar-refractivity contribution in [3.05, 3.63) is 46.8 Å². The average Bonchev–Trinajstić information content (AvgIpc) is 2.47. The highest BCUT2D eigenvalue weighted by Gasteiger charge is 2.37. The molecule has 0 spiro atoms. The van der Waals surface area contributed by atoms with Gasteiger partial charge in [-0.15, -0.1) is 0 Å². The minimum absolute atomic E-state index is 0.00505. The van der Waals surface area contributed by atoms with Crippen LogP contribution in [-0.4, -0.2) is 30.8 Å². The minimum Gasteiger partial charge on any atom is -0.372 e. The Morgan fingerprint density at radius 1 is 1.08 bits per heavy atom. The van der Waals surface area contributed by atoms with Crippen molar-refractivity contribution in [2.45, 2.75) is 18.8 Å². The van der Waals surface area contributed by atoms with Gasteiger partial charge in [-0.2, -0.15) is 26.3 Å². The molecule has 9 heteroatoms. The molecular formula is C15H14F6N2O. The molecule has 0 atom stereocenters. The number of hydrogen-bond acceptors (Lipinski definition) is 3. The summed E-state index contributed by atoms with van der Waals surface area (Å²) in [5.74, 6) is -0.569. The normalized spacial score (nSPS) is 17.8. The molecule has 1 aromatic rings. The highest BCUT2D eigenvalue weighted by Crippen LogP contribution is 2.36. The van der Waals surface area contributed by atoms with E-state index < -0.39 is 34.8 Å². The van der Waals surface area contributed by atoms with Gasteiger partial charge in [0.1, 0.15) is 5.82 Å². The zero-order valence-corrected chi connectivity index (χ0v) is 12.6. The van der Waals surface area contributed by atoms with E-state index in [1.165, 1.54) is 0 Å². The first-order valence-electron chi connectivity index (χ1n) is 6.99. The van der Waals surface area contributed by atoms with E-state index in [-0.39, 0.29) is 6.07 Å². The smallest absolute Gasteiger partial charge is 0.372 e. The summed E-state index contributed by atoms with van der Waals surface area (Å²) in [6, 6.07) is 0.851. The van der Waals surface area contributed by atoms with Crippen molar-refractivity contribution in [2.75, 3.05) is 20.1 Å². The summed E-state index contributed by atoms with van der Waals surface area (Å²) in [7, 11) is 1.67. The van der Waals surface area contributed by atoms with Gasteiger partial charge in [0.25, 0.3) is 0 Å². The predicted octanol–water partition coefficient (Wildman–Crippen LogP) is 3.67. The Labute approximate surface area is 133 Å². The summed E-state index contributed by atoms with van der Waals surface area (Å²) in [5.41, 5.74) is -3.68. The molecule has 0 amide bonds. The van der Waals surface area contributed by atoms with Crippen molar-refractivity contribution in [3.63, 3.8) is 0 Å². The largest absolute Gasteiger partial charge is 0.416 e. The van der Waals surface area contributed by atoms with Crippen LogP contribution in [0, 0.1) is 0 Å². The standard InChI is InChI=1S/C15H14F6N2O/c1-23-4-2-3-22-13(23)8-12(24)9-5-10(14(16,17)18)7-11(6-9)15(19,20)21/h5-8,22H,2-4H2,1H3/b13-8+. The van der Waals surface area contributed by atoms with Crippen LogP contribution >= 0.6 is 0 Å². The SMILES string of the molecule is CN1CCCN/C1=C\C(=O)c1cc(C(F)(F)F)cc(C(F)(F)F)c1. The van der Waals surface area contributed by atoms with Crippen LogP contribution in [0.3, 0.4) is 0 Å². The number of alkyl halides is 6. The van der Waals surface area contributed by atoms with Crippen LogP contribution in [0.2, 0.25) is 0 Å². The molecule has 1 aliphatic heterocycles. The Morgan fingerprint density at radius 2 is 1.62 bits per heavy atom. The van der Waals surface area contributed by atoms with Gasteiger partial charge in [-0.05, 0) is 24.6 Å². The van der Waals surface area contributed by atoms with E-state index in [0.29, 0.717) is 31.0 Å². The van der Waals surface area contributed by atoms with Crippen LogP contribution < -0.4 is 5.32 Å². The summed E-state index contributed by atoms with van der Waals surface area (Å²) in [4.78, 5) is 13.8. The number of allylic oxidation sites excluding steroid dienone is 1. The van der Waals surface area contributed by atoms with E-state index in [4.69, 9.17) is 0 Å². The number of nitrogens with zero attached hydrogens (tertiary/aromatic N) is 1. The van der Waals surface area contributed by atoms with Crippen LogP contribution in [-0.2, 0) is 12.4 Å². The number of benzene rings is 1. The van der Waals surface area contributed by atoms with Gasteiger partial charge in [0.2, 0.25) is 0 Å². The fourth-order valence-corrected chi connectivity index (χ4v) is 2.25. The molecule has 24 heavy (non-hydrogen) atoms. The van der Waals surface area contributed by atoms with Crippen LogP contribution in [0.15, 0.2) is 30.1 Å². The van der Waals surface area contributed by atoms with Crippen LogP contribution in [0.5, 0.6) is 0 Å². The lowest BCUT2D eigenvalue weighted by Gasteiger charge is -2.28. The molecule has 1 aliphatic rings. The van der Waals surface area contributed by atoms with E-state index in [1.807, 2.05) is 0 Å². The number of carbonyl (C=O) groups is 1. The van der Waals surface area contributed by atoms with E-state index in [9.17, 15) is 31.1 Å². The molecule has 1 saturated heterocycles. The van der Waals surface area contributed by atoms with Crippen LogP contribution in [0.4, 0.5) is 26.3 Å². The van der Waals surface area contributed by atoms with Gasteiger partial charge in [0, 0.05) is 31.8 Å². The Hall–Kier alpha value is -2.19. The van der Waals surface area contributed by atoms with Gasteiger partial charge in [-0.3, -0.25) is 4.79 Å². The molecule has 1 aromatic carbocycles. The van der Waals surface area contributed by atoms with Gasteiger partial charge in [0.15, 0.2) is 5.78 Å². The first kappa shape index (κ1) is 18.2. The Balaban J connectivity index is 2.45. The third kappa shape index (κ3) is 4.21. The van der Waals surface area contributed by atoms with Gasteiger partial charge in [-0.1, -0.05) is 0 Å². The second kappa shape index (κ2) is 6.37. The third-order valence-corrected chi connectivity index (χ3v) is 3.53. The van der Waals surface area contributed by atoms with Gasteiger partial charge >= 0.3 is 12.4 Å². The zero-order valence-electron chi connectivity index (χ0n) is 12.6. The lowest BCUT2D eigenvalue weighted by molar-refractivity contribution is -0.143. The van der Waals surface area contributed by atoms with Crippen LogP contribution in [0.25, 0.3) is 0 Å². The maximum absolute atomic E-state index is 12.8. The monoisotopic (exact) mass is 352 g/mol. The third-order valence-electron chi connectivity index (χ3n) is 3.53. The van der Waals surface area contributed by atoms with Crippen molar-refractivity contribution in [1.29, 1.82) is 0 Å². The molecule has 3 nitrogen and oxygen atoms in total. The summed E-state index contributed by atoms with van der Waals surface area (Å²) in [6.45, 7) is 1.20. The number of rotatable bonds is 2. The number of nitrogens with one attached hydrogen (secondary N) is 1. The lowest BCUT2D eigenvalue weighted by Crippen LogP contribution is -2.37. The van der Waals surface area contributed by atoms with Crippen LogP contribution in [0.1, 0.15) is 27.9 Å². The molecule has 0 saturated carbocycles. The molecule has 2 rings (SSSR count). The first-order valence-corrected chi connectivity index (χ1v) is 6.99. The fourth-order valence-electron chi connectivity index (χ4n) is 2.25. The molecule has 0 aliphatic carbocycles. The highest BCUT2D eigenvalue weighted by molar-refractivity contribution is 6.05. The summed E-state index contributed by atoms with van der Waals surface area (Å²) in [5, 5.41) is 2.88. The lowest BCUT2D eigenvalue weighted by atomic mass is 10.0. The van der Waals surface area contributed by atoms with Gasteiger partial charge in [0.05, 0.1) is 11.1 Å². The molecule has 0 bridgehead atoms. The Bertz CT molecular complexity index is 631. The van der Waals surface area contributed by atoms with Crippen molar-refractivity contribution in [3.8, 4) is 0 Å². The average molecular weight is 352 g/mol. The van der Waals surface area contributed by atoms with E-state index in [1.54, 1.807) is 11.9 Å². The first-order chi connectivity index (χ1) is 11.0. The molecular weight excluding hydrogens is 338 g/mol. The number of hydrogen-bond donors (Lipinski definition) is 1. The van der Waals surface area contributed by atoms with E-state index >= 15 is 0 Å². The number of carbonyl (C=O) groups excluding carboxylic acids is 1. The van der Waals surface area contributed by atoms with Crippen molar-refractivity contribution < 1.29 is 31.1 Å². The number of ketones is 1. The van der Waals surface area contributed by atoms with Crippen molar-refractivity contribution in [2.24, 2.45) is 0 Å². The topological polar surface area (TPSA) is 32.3 Å². The van der Waals surface area contributed by atoms with E-state index in [0.717, 1.165) is 12.5 Å². The predicted molar refractivity (Wildman–Crippen MR) is 74.1 cm³/mol. The molecule has 0 unspecified atom stereocenters. The quantitative estimate of drug-likeness (QED) is 0.501. The number of halogens is 6. The Morgan fingerprint density at radius 3 is 2.08 bits per heavy atom. The Kier molecular flexibility index (Phi) is 4.82. The molecule has 1 N–H and O–H groups in total. The second-order valence-corrected chi connectivity index (χ2v) is 5.39. The van der Waals surface area contributed by atoms with Crippen molar-refractivity contribution >= 4 is 5.78 Å². The van der Waals surface area contributed by atoms with Gasteiger partial charge in [-0.25, -0.2) is 0 Å². The fraction of sp³-hybridized carbons (Fsp3) is 0.400. The zero-order chi connectivity index (χ0) is 18.1. The highest BCUT2D eigenvalue weighted by atomic mass is 19.4. The minimum atomic E-state index is -4.98. The van der Waals surface area contributed by atoms with Crippen molar-refractivity contribution in [1.82, 2.24) is 10.2 Å². The molecule has 1 fully saturated rings. The van der Waals surface area contributed by atoms with Gasteiger partial charge < -0.3 is 10.2 Å². The summed E-state index contributed by atoms with van der Waals surface area (Å²) in [6.07, 6.45) is -8.15.